The Labute approximate surface area is 210 Å². The molecule has 4 aromatic rings. The number of rotatable bonds is 10. The van der Waals surface area contributed by atoms with Gasteiger partial charge < -0.3 is 16.5 Å². The highest BCUT2D eigenvalue weighted by Crippen LogP contribution is 2.19. The van der Waals surface area contributed by atoms with Crippen molar-refractivity contribution in [3.8, 4) is 0 Å². The number of hydrogen-bond donors (Lipinski definition) is 4. The van der Waals surface area contributed by atoms with E-state index in [0.29, 0.717) is 5.56 Å². The van der Waals surface area contributed by atoms with Crippen molar-refractivity contribution < 1.29 is 14.0 Å². The van der Waals surface area contributed by atoms with Crippen LogP contribution in [0.25, 0.3) is 10.9 Å². The topological polar surface area (TPSA) is 158 Å². The lowest BCUT2D eigenvalue weighted by atomic mass is 10.0. The zero-order valence-electron chi connectivity index (χ0n) is 20.2. The number of ketones is 1. The van der Waals surface area contributed by atoms with Gasteiger partial charge in [0.2, 0.25) is 5.91 Å². The quantitative estimate of drug-likeness (QED) is 0.236. The molecule has 11 heteroatoms. The van der Waals surface area contributed by atoms with Gasteiger partial charge in [0.1, 0.15) is 17.2 Å². The minimum absolute atomic E-state index is 0.0134. The Hall–Kier alpha value is -4.51. The number of nitrogens with one attached hydrogen (secondary N) is 2. The molecule has 0 aliphatic heterocycles. The standard InChI is InChI=1S/C26H27FN6O4/c1-2-32-25(36)22(23(28)33(26(32)37)14-15-7-9-17(27)10-8-15)21(34)13-31-20(24(29)35)11-16-12-30-19-6-4-3-5-18(16)19/h3-10,12,20,30-31H,2,11,13-14,28H2,1H3,(H2,29,35)/t20-/m0/s1. The van der Waals surface area contributed by atoms with Crippen molar-refractivity contribution in [2.24, 2.45) is 5.73 Å². The normalized spacial score (nSPS) is 12.1. The highest BCUT2D eigenvalue weighted by molar-refractivity contribution is 6.01. The number of aromatic amines is 1. The summed E-state index contributed by atoms with van der Waals surface area (Å²) in [5.74, 6) is -2.11. The van der Waals surface area contributed by atoms with E-state index < -0.39 is 41.3 Å². The lowest BCUT2D eigenvalue weighted by Crippen LogP contribution is -2.48. The van der Waals surface area contributed by atoms with Gasteiger partial charge in [-0.05, 0) is 42.7 Å². The summed E-state index contributed by atoms with van der Waals surface area (Å²) in [5.41, 5.74) is 12.1. The molecule has 0 fully saturated rings. The molecule has 0 radical (unpaired) electrons. The fourth-order valence-electron chi connectivity index (χ4n) is 4.28. The molecule has 1 amide bonds. The summed E-state index contributed by atoms with van der Waals surface area (Å²) in [6.07, 6.45) is 1.98. The molecule has 4 rings (SSSR count). The van der Waals surface area contributed by atoms with E-state index in [1.165, 1.54) is 24.3 Å². The van der Waals surface area contributed by atoms with Crippen LogP contribution in [-0.4, -0.2) is 38.4 Å². The lowest BCUT2D eigenvalue weighted by molar-refractivity contribution is -0.119. The first kappa shape index (κ1) is 25.6. The Morgan fingerprint density at radius 1 is 1.08 bits per heavy atom. The number of fused-ring (bicyclic) bond motifs is 1. The number of benzene rings is 2. The fourth-order valence-corrected chi connectivity index (χ4v) is 4.28. The van der Waals surface area contributed by atoms with Gasteiger partial charge in [0, 0.05) is 23.6 Å². The van der Waals surface area contributed by atoms with Gasteiger partial charge in [0.05, 0.1) is 19.1 Å². The van der Waals surface area contributed by atoms with Crippen molar-refractivity contribution in [1.82, 2.24) is 19.4 Å². The molecule has 192 valence electrons. The molecule has 0 saturated carbocycles. The van der Waals surface area contributed by atoms with Crippen molar-refractivity contribution in [2.45, 2.75) is 32.5 Å². The number of Topliss-reactive ketones (excluding diaryl/α,β-unsaturated/α-hetero) is 1. The third-order valence-corrected chi connectivity index (χ3v) is 6.27. The number of carbonyl (C=O) groups is 2. The fraction of sp³-hybridized carbons (Fsp3) is 0.231. The number of anilines is 1. The summed E-state index contributed by atoms with van der Waals surface area (Å²) in [6, 6.07) is 12.1. The van der Waals surface area contributed by atoms with Gasteiger partial charge in [-0.25, -0.2) is 9.18 Å². The molecule has 2 heterocycles. The van der Waals surface area contributed by atoms with Gasteiger partial charge in [0.25, 0.3) is 5.56 Å². The van der Waals surface area contributed by atoms with Crippen molar-refractivity contribution in [1.29, 1.82) is 0 Å². The predicted octanol–water partition coefficient (Wildman–Crippen LogP) is 1.15. The highest BCUT2D eigenvalue weighted by atomic mass is 19.1. The van der Waals surface area contributed by atoms with Crippen molar-refractivity contribution >= 4 is 28.4 Å². The Morgan fingerprint density at radius 3 is 2.46 bits per heavy atom. The van der Waals surface area contributed by atoms with E-state index in [1.54, 1.807) is 13.1 Å². The second-order valence-electron chi connectivity index (χ2n) is 8.63. The number of nitrogens with zero attached hydrogens (tertiary/aromatic N) is 2. The van der Waals surface area contributed by atoms with E-state index in [4.69, 9.17) is 11.5 Å². The van der Waals surface area contributed by atoms with Gasteiger partial charge in [-0.3, -0.25) is 28.8 Å². The number of carbonyl (C=O) groups excluding carboxylic acids is 2. The first-order valence-corrected chi connectivity index (χ1v) is 11.7. The maximum absolute atomic E-state index is 13.3. The molecule has 2 aromatic heterocycles. The number of aromatic nitrogens is 3. The Balaban J connectivity index is 1.61. The largest absolute Gasteiger partial charge is 0.384 e. The number of nitrogens with two attached hydrogens (primary N) is 2. The minimum Gasteiger partial charge on any atom is -0.384 e. The number of H-pyrrole nitrogens is 1. The monoisotopic (exact) mass is 506 g/mol. The Kier molecular flexibility index (Phi) is 7.35. The SMILES string of the molecule is CCn1c(=O)c(C(=O)CN[C@@H](Cc2c[nH]c3ccccc23)C(N)=O)c(N)n(Cc2ccc(F)cc2)c1=O. The summed E-state index contributed by atoms with van der Waals surface area (Å²) in [5, 5.41) is 3.75. The summed E-state index contributed by atoms with van der Waals surface area (Å²) < 4.78 is 15.3. The van der Waals surface area contributed by atoms with Gasteiger partial charge >= 0.3 is 5.69 Å². The Morgan fingerprint density at radius 2 is 1.78 bits per heavy atom. The van der Waals surface area contributed by atoms with Crippen molar-refractivity contribution in [3.05, 3.63) is 98.1 Å². The summed E-state index contributed by atoms with van der Waals surface area (Å²) in [4.78, 5) is 54.3. The van der Waals surface area contributed by atoms with E-state index in [9.17, 15) is 23.6 Å². The van der Waals surface area contributed by atoms with E-state index in [-0.39, 0.29) is 30.9 Å². The molecule has 0 aliphatic rings. The molecule has 6 N–H and O–H groups in total. The smallest absolute Gasteiger partial charge is 0.332 e. The number of hydrogen-bond acceptors (Lipinski definition) is 6. The molecule has 0 unspecified atom stereocenters. The molecule has 0 saturated heterocycles. The van der Waals surface area contributed by atoms with Crippen LogP contribution in [0.5, 0.6) is 0 Å². The zero-order valence-corrected chi connectivity index (χ0v) is 20.2. The van der Waals surface area contributed by atoms with Crippen LogP contribution in [0, 0.1) is 5.82 Å². The van der Waals surface area contributed by atoms with Crippen LogP contribution in [0.2, 0.25) is 0 Å². The van der Waals surface area contributed by atoms with E-state index >= 15 is 0 Å². The van der Waals surface area contributed by atoms with E-state index in [2.05, 4.69) is 10.3 Å². The average Bonchev–Trinajstić information content (AvgIpc) is 3.28. The molecule has 0 aliphatic carbocycles. The number of para-hydroxylation sites is 1. The van der Waals surface area contributed by atoms with Gasteiger partial charge in [-0.15, -0.1) is 0 Å². The number of nitrogen functional groups attached to an aromatic ring is 1. The van der Waals surface area contributed by atoms with Crippen LogP contribution in [0.15, 0.2) is 64.3 Å². The van der Waals surface area contributed by atoms with Crippen LogP contribution in [-0.2, 0) is 24.3 Å². The number of primary amides is 1. The molecule has 2 aromatic carbocycles. The predicted molar refractivity (Wildman–Crippen MR) is 138 cm³/mol. The highest BCUT2D eigenvalue weighted by Gasteiger charge is 2.25. The van der Waals surface area contributed by atoms with Crippen LogP contribution >= 0.6 is 0 Å². The molecular weight excluding hydrogens is 479 g/mol. The third kappa shape index (κ3) is 5.21. The Bertz CT molecular complexity index is 1590. The summed E-state index contributed by atoms with van der Waals surface area (Å²) in [6.45, 7) is 1.13. The minimum atomic E-state index is -0.900. The molecule has 0 spiro atoms. The first-order valence-electron chi connectivity index (χ1n) is 11.7. The first-order chi connectivity index (χ1) is 17.7. The number of amides is 1. The van der Waals surface area contributed by atoms with Gasteiger partial charge in [-0.1, -0.05) is 30.3 Å². The second-order valence-corrected chi connectivity index (χ2v) is 8.63. The van der Waals surface area contributed by atoms with Crippen LogP contribution in [0.3, 0.4) is 0 Å². The van der Waals surface area contributed by atoms with Gasteiger partial charge in [-0.2, -0.15) is 0 Å². The maximum Gasteiger partial charge on any atom is 0.332 e. The van der Waals surface area contributed by atoms with Crippen LogP contribution in [0.1, 0.15) is 28.4 Å². The van der Waals surface area contributed by atoms with Crippen molar-refractivity contribution in [3.63, 3.8) is 0 Å². The summed E-state index contributed by atoms with van der Waals surface area (Å²) >= 11 is 0. The zero-order chi connectivity index (χ0) is 26.7. The van der Waals surface area contributed by atoms with E-state index in [0.717, 1.165) is 25.6 Å². The van der Waals surface area contributed by atoms with Crippen LogP contribution < -0.4 is 28.0 Å². The molecule has 1 atom stereocenters. The van der Waals surface area contributed by atoms with Gasteiger partial charge in [0.15, 0.2) is 5.78 Å². The maximum atomic E-state index is 13.3. The van der Waals surface area contributed by atoms with Crippen molar-refractivity contribution in [2.75, 3.05) is 12.3 Å². The van der Waals surface area contributed by atoms with Crippen LogP contribution in [0.4, 0.5) is 10.2 Å². The average molecular weight is 507 g/mol. The van der Waals surface area contributed by atoms with E-state index in [1.807, 2.05) is 24.3 Å². The number of halogens is 1. The lowest BCUT2D eigenvalue weighted by Gasteiger charge is -2.18. The molecular formula is C26H27FN6O4. The molecule has 0 bridgehead atoms. The second kappa shape index (κ2) is 10.6. The molecule has 37 heavy (non-hydrogen) atoms. The summed E-state index contributed by atoms with van der Waals surface area (Å²) in [7, 11) is 0. The third-order valence-electron chi connectivity index (χ3n) is 6.27. The molecule has 10 nitrogen and oxygen atoms in total.